The van der Waals surface area contributed by atoms with Gasteiger partial charge in [-0.25, -0.2) is 4.79 Å². The number of aliphatic hydroxyl groups excluding tert-OH is 1. The summed E-state index contributed by atoms with van der Waals surface area (Å²) in [5.41, 5.74) is -0.484. The number of rotatable bonds is 1. The summed E-state index contributed by atoms with van der Waals surface area (Å²) in [6.07, 6.45) is -0.0232. The fourth-order valence-corrected chi connectivity index (χ4v) is 3.91. The molecule has 4 rings (SSSR count). The molecule has 2 N–H and O–H groups in total. The molecule has 3 saturated heterocycles. The average molecular weight is 296 g/mol. The van der Waals surface area contributed by atoms with Gasteiger partial charge in [0.2, 0.25) is 11.6 Å². The van der Waals surface area contributed by atoms with Gasteiger partial charge in [-0.3, -0.25) is 4.79 Å². The van der Waals surface area contributed by atoms with Gasteiger partial charge < -0.3 is 19.7 Å². The van der Waals surface area contributed by atoms with Crippen LogP contribution in [0.1, 0.15) is 27.2 Å². The van der Waals surface area contributed by atoms with Crippen molar-refractivity contribution in [1.82, 2.24) is 0 Å². The highest BCUT2D eigenvalue weighted by Crippen LogP contribution is 2.57. The number of allylic oxidation sites excluding steroid dienone is 1. The third-order valence-corrected chi connectivity index (χ3v) is 5.35. The van der Waals surface area contributed by atoms with Crippen LogP contribution in [0.4, 0.5) is 0 Å². The van der Waals surface area contributed by atoms with Crippen molar-refractivity contribution in [2.24, 2.45) is 17.3 Å². The van der Waals surface area contributed by atoms with Gasteiger partial charge in [0, 0.05) is 5.92 Å². The highest BCUT2D eigenvalue weighted by Gasteiger charge is 2.70. The first kappa shape index (κ1) is 14.7. The molecule has 0 aromatic carbocycles. The van der Waals surface area contributed by atoms with Crippen LogP contribution in [-0.2, 0) is 19.1 Å². The number of aliphatic carboxylic acids is 1. The van der Waals surface area contributed by atoms with E-state index < -0.39 is 35.3 Å². The first-order valence-electron chi connectivity index (χ1n) is 7.19. The largest absolute Gasteiger partial charge is 0.479 e. The van der Waals surface area contributed by atoms with Gasteiger partial charge in [-0.1, -0.05) is 19.9 Å². The zero-order valence-corrected chi connectivity index (χ0v) is 12.3. The molecule has 4 aliphatic rings. The maximum atomic E-state index is 12.7. The standard InChI is InChI=1S/C15H20O6/c1-7-4-5-14(3)12(17)9-8(2)6-20-15(14,11(7)16)21-10(9)13(18)19/h4,8-10,12,17H,5-6H2,1-3H3,(H,18,19)/t8-,9+,10-,12-,14-,15+/m1/s1. The summed E-state index contributed by atoms with van der Waals surface area (Å²) in [4.78, 5) is 24.2. The van der Waals surface area contributed by atoms with Crippen molar-refractivity contribution in [3.05, 3.63) is 11.6 Å². The average Bonchev–Trinajstić information content (AvgIpc) is 2.63. The van der Waals surface area contributed by atoms with E-state index in [9.17, 15) is 19.8 Å². The lowest BCUT2D eigenvalue weighted by Gasteiger charge is -2.55. The van der Waals surface area contributed by atoms with Gasteiger partial charge in [-0.15, -0.1) is 0 Å². The van der Waals surface area contributed by atoms with Crippen LogP contribution in [0.25, 0.3) is 0 Å². The number of carbonyl (C=O) groups is 2. The zero-order chi connectivity index (χ0) is 15.6. The Balaban J connectivity index is 2.20. The van der Waals surface area contributed by atoms with Crippen LogP contribution in [0.5, 0.6) is 0 Å². The van der Waals surface area contributed by atoms with E-state index in [1.807, 2.05) is 6.92 Å². The molecule has 1 spiro atoms. The molecule has 0 amide bonds. The number of hydrogen-bond acceptors (Lipinski definition) is 5. The van der Waals surface area contributed by atoms with E-state index in [1.165, 1.54) is 0 Å². The minimum atomic E-state index is -1.70. The van der Waals surface area contributed by atoms with Crippen molar-refractivity contribution < 1.29 is 29.3 Å². The van der Waals surface area contributed by atoms with Crippen molar-refractivity contribution in [2.45, 2.75) is 45.2 Å². The number of carboxylic acids is 1. The number of carbonyl (C=O) groups excluding carboxylic acids is 1. The lowest BCUT2D eigenvalue weighted by atomic mass is 9.60. The third-order valence-electron chi connectivity index (χ3n) is 5.35. The highest BCUT2D eigenvalue weighted by molar-refractivity contribution is 6.02. The monoisotopic (exact) mass is 296 g/mol. The van der Waals surface area contributed by atoms with Gasteiger partial charge in [0.1, 0.15) is 0 Å². The maximum absolute atomic E-state index is 12.7. The highest BCUT2D eigenvalue weighted by atomic mass is 16.7. The quantitative estimate of drug-likeness (QED) is 0.741. The molecule has 3 fully saturated rings. The Morgan fingerprint density at radius 3 is 2.76 bits per heavy atom. The second-order valence-electron chi connectivity index (χ2n) is 6.64. The van der Waals surface area contributed by atoms with Gasteiger partial charge in [0.05, 0.1) is 18.1 Å². The normalized spacial score (nSPS) is 49.3. The Hall–Kier alpha value is -1.24. The Morgan fingerprint density at radius 2 is 2.14 bits per heavy atom. The second kappa shape index (κ2) is 4.38. The predicted octanol–water partition coefficient (Wildman–Crippen LogP) is 0.735. The first-order valence-corrected chi connectivity index (χ1v) is 7.19. The van der Waals surface area contributed by atoms with Gasteiger partial charge in [0.15, 0.2) is 6.10 Å². The molecular weight excluding hydrogens is 276 g/mol. The molecule has 0 aromatic heterocycles. The minimum Gasteiger partial charge on any atom is -0.479 e. The zero-order valence-electron chi connectivity index (χ0n) is 12.3. The van der Waals surface area contributed by atoms with E-state index in [0.717, 1.165) is 0 Å². The Labute approximate surface area is 122 Å². The summed E-state index contributed by atoms with van der Waals surface area (Å²) in [5.74, 6) is -4.05. The van der Waals surface area contributed by atoms with Crippen LogP contribution >= 0.6 is 0 Å². The van der Waals surface area contributed by atoms with Crippen LogP contribution in [0, 0.1) is 17.3 Å². The summed E-state index contributed by atoms with van der Waals surface area (Å²) in [6, 6.07) is 0. The second-order valence-corrected chi connectivity index (χ2v) is 6.64. The van der Waals surface area contributed by atoms with Crippen LogP contribution in [0.15, 0.2) is 11.6 Å². The van der Waals surface area contributed by atoms with Crippen LogP contribution in [0.2, 0.25) is 0 Å². The lowest BCUT2D eigenvalue weighted by Crippen LogP contribution is -2.69. The molecule has 0 radical (unpaired) electrons. The van der Waals surface area contributed by atoms with Gasteiger partial charge >= 0.3 is 5.97 Å². The molecule has 2 bridgehead atoms. The summed E-state index contributed by atoms with van der Waals surface area (Å²) in [7, 11) is 0. The van der Waals surface area contributed by atoms with Crippen molar-refractivity contribution >= 4 is 11.8 Å². The van der Waals surface area contributed by atoms with Crippen molar-refractivity contribution in [1.29, 1.82) is 0 Å². The van der Waals surface area contributed by atoms with E-state index in [-0.39, 0.29) is 18.3 Å². The summed E-state index contributed by atoms with van der Waals surface area (Å²) >= 11 is 0. The van der Waals surface area contributed by atoms with Gasteiger partial charge in [-0.2, -0.15) is 0 Å². The number of aliphatic hydroxyl groups is 1. The number of ether oxygens (including phenoxy) is 2. The Kier molecular flexibility index (Phi) is 3.06. The van der Waals surface area contributed by atoms with Crippen LogP contribution in [0.3, 0.4) is 0 Å². The molecule has 6 heteroatoms. The van der Waals surface area contributed by atoms with Crippen LogP contribution < -0.4 is 0 Å². The van der Waals surface area contributed by atoms with Crippen molar-refractivity contribution in [2.75, 3.05) is 6.61 Å². The van der Waals surface area contributed by atoms with E-state index in [1.54, 1.807) is 19.9 Å². The van der Waals surface area contributed by atoms with E-state index in [4.69, 9.17) is 9.47 Å². The fraction of sp³-hybridized carbons (Fsp3) is 0.733. The molecule has 6 nitrogen and oxygen atoms in total. The Morgan fingerprint density at radius 1 is 1.48 bits per heavy atom. The lowest BCUT2D eigenvalue weighted by molar-refractivity contribution is -0.328. The topological polar surface area (TPSA) is 93.1 Å². The van der Waals surface area contributed by atoms with Crippen LogP contribution in [-0.4, -0.2) is 46.6 Å². The first-order chi connectivity index (χ1) is 9.74. The third kappa shape index (κ3) is 1.64. The molecule has 6 atom stereocenters. The van der Waals surface area contributed by atoms with E-state index >= 15 is 0 Å². The molecular formula is C15H20O6. The summed E-state index contributed by atoms with van der Waals surface area (Å²) in [5, 5.41) is 20.2. The molecule has 21 heavy (non-hydrogen) atoms. The molecule has 116 valence electrons. The molecule has 3 aliphatic heterocycles. The number of carboxylic acid groups (broad SMARTS) is 1. The fourth-order valence-electron chi connectivity index (χ4n) is 3.91. The maximum Gasteiger partial charge on any atom is 0.333 e. The summed E-state index contributed by atoms with van der Waals surface area (Å²) < 4.78 is 11.5. The van der Waals surface area contributed by atoms with E-state index in [0.29, 0.717) is 12.0 Å². The molecule has 0 aromatic rings. The SMILES string of the molecule is CC1=CC[C@]2(C)[C@H](O)[C@H]3[C@H](C)CO[C@]2(O[C@H]3C(=O)O)C1=O. The number of hydrogen-bond donors (Lipinski definition) is 2. The number of ketones is 1. The van der Waals surface area contributed by atoms with Gasteiger partial charge in [0.25, 0.3) is 0 Å². The molecule has 1 aliphatic carbocycles. The van der Waals surface area contributed by atoms with Crippen molar-refractivity contribution in [3.63, 3.8) is 0 Å². The number of fused-ring (bicyclic) bond motifs is 3. The van der Waals surface area contributed by atoms with Crippen molar-refractivity contribution in [3.8, 4) is 0 Å². The number of Topliss-reactive ketones (excluding diaryl/α,β-unsaturated/α-hetero) is 1. The minimum absolute atomic E-state index is 0.195. The molecule has 3 heterocycles. The Bertz CT molecular complexity index is 540. The van der Waals surface area contributed by atoms with Gasteiger partial charge in [-0.05, 0) is 24.8 Å². The van der Waals surface area contributed by atoms with E-state index in [2.05, 4.69) is 0 Å². The summed E-state index contributed by atoms with van der Waals surface area (Å²) in [6.45, 7) is 5.41. The molecule has 0 unspecified atom stereocenters. The predicted molar refractivity (Wildman–Crippen MR) is 71.3 cm³/mol. The smallest absolute Gasteiger partial charge is 0.333 e. The molecule has 0 saturated carbocycles.